The minimum absolute atomic E-state index is 0.513. The van der Waals surface area contributed by atoms with Crippen LogP contribution in [0.25, 0.3) is 5.69 Å². The Morgan fingerprint density at radius 3 is 2.88 bits per heavy atom. The molecule has 0 saturated heterocycles. The number of tetrazole rings is 1. The maximum atomic E-state index is 5.70. The zero-order valence-electron chi connectivity index (χ0n) is 8.47. The number of halogens is 1. The predicted octanol–water partition coefficient (Wildman–Crippen LogP) is 1.88. The molecule has 1 aromatic heterocycles. The van der Waals surface area contributed by atoms with Gasteiger partial charge in [0.1, 0.15) is 0 Å². The predicted molar refractivity (Wildman–Crippen MR) is 63.2 cm³/mol. The molecule has 2 N–H and O–H groups in total. The fourth-order valence-corrected chi connectivity index (χ4v) is 2.22. The molecule has 82 valence electrons. The highest BCUT2D eigenvalue weighted by molar-refractivity contribution is 9.10. The monoisotopic (exact) mass is 279 g/mol. The number of hydrogen-bond donors (Lipinski definition) is 1. The van der Waals surface area contributed by atoms with Gasteiger partial charge in [0.15, 0.2) is 5.82 Å². The topological polar surface area (TPSA) is 69.6 Å². The third-order valence-electron chi connectivity index (χ3n) is 2.64. The van der Waals surface area contributed by atoms with Gasteiger partial charge in [0, 0.05) is 16.1 Å². The average Bonchev–Trinajstić information content (AvgIpc) is 2.98. The lowest BCUT2D eigenvalue weighted by Crippen LogP contribution is -2.03. The van der Waals surface area contributed by atoms with Gasteiger partial charge in [-0.3, -0.25) is 0 Å². The summed E-state index contributed by atoms with van der Waals surface area (Å²) >= 11 is 3.48. The van der Waals surface area contributed by atoms with Crippen LogP contribution in [0.2, 0.25) is 0 Å². The number of rotatable bonds is 2. The molecule has 1 fully saturated rings. The molecule has 0 atom stereocenters. The molecule has 16 heavy (non-hydrogen) atoms. The highest BCUT2D eigenvalue weighted by atomic mass is 79.9. The van der Waals surface area contributed by atoms with Gasteiger partial charge in [0.05, 0.1) is 5.69 Å². The summed E-state index contributed by atoms with van der Waals surface area (Å²) in [6.07, 6.45) is 2.35. The molecule has 5 nitrogen and oxygen atoms in total. The fraction of sp³-hybridized carbons (Fsp3) is 0.300. The van der Waals surface area contributed by atoms with Crippen molar-refractivity contribution in [3.8, 4) is 5.69 Å². The molecule has 2 aromatic rings. The zero-order valence-corrected chi connectivity index (χ0v) is 10.1. The van der Waals surface area contributed by atoms with Crippen molar-refractivity contribution >= 4 is 21.6 Å². The van der Waals surface area contributed by atoms with Crippen LogP contribution in [-0.4, -0.2) is 20.2 Å². The maximum absolute atomic E-state index is 5.70. The average molecular weight is 280 g/mol. The van der Waals surface area contributed by atoms with Crippen molar-refractivity contribution in [1.29, 1.82) is 0 Å². The van der Waals surface area contributed by atoms with Crippen LogP contribution in [0, 0.1) is 0 Å². The van der Waals surface area contributed by atoms with Crippen LogP contribution in [-0.2, 0) is 0 Å². The van der Waals surface area contributed by atoms with Crippen molar-refractivity contribution in [2.24, 2.45) is 0 Å². The number of benzene rings is 1. The van der Waals surface area contributed by atoms with Gasteiger partial charge in [-0.1, -0.05) is 0 Å². The summed E-state index contributed by atoms with van der Waals surface area (Å²) in [4.78, 5) is 0. The lowest BCUT2D eigenvalue weighted by atomic mass is 10.3. The summed E-state index contributed by atoms with van der Waals surface area (Å²) in [5, 5.41) is 11.8. The highest BCUT2D eigenvalue weighted by Gasteiger charge is 2.30. The zero-order chi connectivity index (χ0) is 11.1. The van der Waals surface area contributed by atoms with Gasteiger partial charge in [-0.05, 0) is 57.4 Å². The summed E-state index contributed by atoms with van der Waals surface area (Å²) in [6, 6.07) is 5.62. The van der Waals surface area contributed by atoms with Crippen molar-refractivity contribution in [3.63, 3.8) is 0 Å². The Labute approximate surface area is 101 Å². The van der Waals surface area contributed by atoms with Gasteiger partial charge >= 0.3 is 0 Å². The molecule has 0 radical (unpaired) electrons. The van der Waals surface area contributed by atoms with E-state index in [0.29, 0.717) is 5.92 Å². The first-order valence-electron chi connectivity index (χ1n) is 5.09. The first-order chi connectivity index (χ1) is 7.75. The van der Waals surface area contributed by atoms with E-state index in [2.05, 4.69) is 31.5 Å². The third-order valence-corrected chi connectivity index (χ3v) is 3.27. The quantitative estimate of drug-likeness (QED) is 0.853. The number of aromatic nitrogens is 4. The number of nitrogen functional groups attached to an aromatic ring is 1. The maximum Gasteiger partial charge on any atom is 0.159 e. The van der Waals surface area contributed by atoms with Gasteiger partial charge in [-0.25, -0.2) is 0 Å². The van der Waals surface area contributed by atoms with Crippen molar-refractivity contribution in [3.05, 3.63) is 28.5 Å². The Kier molecular flexibility index (Phi) is 2.17. The molecule has 1 saturated carbocycles. The SMILES string of the molecule is Nc1ccc(-n2nnnc2C2CC2)c(Br)c1. The summed E-state index contributed by atoms with van der Waals surface area (Å²) in [5.74, 6) is 1.45. The molecule has 6 heteroatoms. The van der Waals surface area contributed by atoms with Crippen LogP contribution in [0.1, 0.15) is 24.6 Å². The summed E-state index contributed by atoms with van der Waals surface area (Å²) in [7, 11) is 0. The molecular formula is C10H10BrN5. The van der Waals surface area contributed by atoms with Gasteiger partial charge in [-0.15, -0.1) is 5.10 Å². The van der Waals surface area contributed by atoms with Gasteiger partial charge < -0.3 is 5.73 Å². The van der Waals surface area contributed by atoms with Crippen molar-refractivity contribution < 1.29 is 0 Å². The van der Waals surface area contributed by atoms with E-state index in [4.69, 9.17) is 5.73 Å². The molecular weight excluding hydrogens is 270 g/mol. The Bertz CT molecular complexity index is 532. The summed E-state index contributed by atoms with van der Waals surface area (Å²) < 4.78 is 2.68. The molecule has 1 aliphatic carbocycles. The van der Waals surface area contributed by atoms with E-state index in [1.807, 2.05) is 18.2 Å². The number of nitrogens with two attached hydrogens (primary N) is 1. The molecule has 0 unspecified atom stereocenters. The van der Waals surface area contributed by atoms with Crippen LogP contribution in [0.5, 0.6) is 0 Å². The molecule has 1 aromatic carbocycles. The van der Waals surface area contributed by atoms with E-state index in [1.165, 1.54) is 12.8 Å². The van der Waals surface area contributed by atoms with Gasteiger partial charge in [0.2, 0.25) is 0 Å². The second kappa shape index (κ2) is 3.55. The number of anilines is 1. The summed E-state index contributed by atoms with van der Waals surface area (Å²) in [6.45, 7) is 0. The Morgan fingerprint density at radius 1 is 1.38 bits per heavy atom. The van der Waals surface area contributed by atoms with Crippen LogP contribution in [0.15, 0.2) is 22.7 Å². The van der Waals surface area contributed by atoms with E-state index in [-0.39, 0.29) is 0 Å². The van der Waals surface area contributed by atoms with Gasteiger partial charge in [-0.2, -0.15) is 4.68 Å². The molecule has 1 heterocycles. The first-order valence-corrected chi connectivity index (χ1v) is 5.88. The number of hydrogen-bond acceptors (Lipinski definition) is 4. The fourth-order valence-electron chi connectivity index (χ4n) is 1.66. The lowest BCUT2D eigenvalue weighted by Gasteiger charge is -2.06. The molecule has 3 rings (SSSR count). The smallest absolute Gasteiger partial charge is 0.159 e. The van der Waals surface area contributed by atoms with Crippen molar-refractivity contribution in [2.45, 2.75) is 18.8 Å². The van der Waals surface area contributed by atoms with Crippen molar-refractivity contribution in [2.75, 3.05) is 5.73 Å². The largest absolute Gasteiger partial charge is 0.399 e. The highest BCUT2D eigenvalue weighted by Crippen LogP contribution is 2.39. The normalized spacial score (nSPS) is 15.3. The Hall–Kier alpha value is -1.43. The standard InChI is InChI=1S/C10H10BrN5/c11-8-5-7(12)3-4-9(8)16-10(6-1-2-6)13-14-15-16/h3-6H,1-2,12H2. The molecule has 0 spiro atoms. The molecule has 0 aliphatic heterocycles. The molecule has 0 bridgehead atoms. The van der Waals surface area contributed by atoms with Crippen molar-refractivity contribution in [1.82, 2.24) is 20.2 Å². The van der Waals surface area contributed by atoms with E-state index >= 15 is 0 Å². The van der Waals surface area contributed by atoms with Crippen LogP contribution in [0.4, 0.5) is 5.69 Å². The second-order valence-corrected chi connectivity index (χ2v) is 4.79. The molecule has 0 amide bonds. The van der Waals surface area contributed by atoms with E-state index in [1.54, 1.807) is 4.68 Å². The van der Waals surface area contributed by atoms with E-state index in [0.717, 1.165) is 21.7 Å². The third kappa shape index (κ3) is 1.59. The van der Waals surface area contributed by atoms with Crippen LogP contribution < -0.4 is 5.73 Å². The minimum Gasteiger partial charge on any atom is -0.399 e. The van der Waals surface area contributed by atoms with Crippen LogP contribution in [0.3, 0.4) is 0 Å². The first kappa shape index (κ1) is 9.77. The van der Waals surface area contributed by atoms with Crippen LogP contribution >= 0.6 is 15.9 Å². The summed E-state index contributed by atoms with van der Waals surface area (Å²) in [5.41, 5.74) is 7.35. The van der Waals surface area contributed by atoms with E-state index in [9.17, 15) is 0 Å². The minimum atomic E-state index is 0.513. The lowest BCUT2D eigenvalue weighted by molar-refractivity contribution is 0.761. The second-order valence-electron chi connectivity index (χ2n) is 3.93. The Balaban J connectivity index is 2.10. The Morgan fingerprint density at radius 2 is 2.19 bits per heavy atom. The molecule has 1 aliphatic rings. The van der Waals surface area contributed by atoms with E-state index < -0.39 is 0 Å². The van der Waals surface area contributed by atoms with Gasteiger partial charge in [0.25, 0.3) is 0 Å². The number of nitrogens with zero attached hydrogens (tertiary/aromatic N) is 4.